The molecule has 31 heavy (non-hydrogen) atoms. The first-order valence-electron chi connectivity index (χ1n) is 10.2. The Kier molecular flexibility index (Phi) is 6.25. The molecule has 0 unspecified atom stereocenters. The zero-order valence-electron chi connectivity index (χ0n) is 18.0. The highest BCUT2D eigenvalue weighted by atomic mass is 19.4. The normalized spacial score (nSPS) is 12.1. The fourth-order valence-corrected chi connectivity index (χ4v) is 3.28. The summed E-state index contributed by atoms with van der Waals surface area (Å²) in [6.07, 6.45) is -2.93. The summed E-state index contributed by atoms with van der Waals surface area (Å²) in [6.45, 7) is 8.41. The standard InChI is InChI=1S/C24H26F3N3O/c1-5-6-19-21(28-22(31)16-9-13-18(14-10-16)24(25,26)27)20(30-29-19)15-7-11-17(12-8-15)23(2,3)4/h7-14H,5-6H2,1-4H3,(H,28,31)(H,29,30). The first-order valence-corrected chi connectivity index (χ1v) is 10.2. The van der Waals surface area contributed by atoms with E-state index in [2.05, 4.69) is 36.3 Å². The van der Waals surface area contributed by atoms with Crippen LogP contribution in [0.1, 0.15) is 61.3 Å². The Morgan fingerprint density at radius 3 is 2.06 bits per heavy atom. The average molecular weight is 429 g/mol. The molecule has 2 aromatic carbocycles. The van der Waals surface area contributed by atoms with Crippen LogP contribution in [0.25, 0.3) is 11.3 Å². The van der Waals surface area contributed by atoms with Crippen LogP contribution in [-0.4, -0.2) is 16.1 Å². The van der Waals surface area contributed by atoms with Crippen molar-refractivity contribution >= 4 is 11.6 Å². The van der Waals surface area contributed by atoms with Crippen molar-refractivity contribution in [2.75, 3.05) is 5.32 Å². The number of nitrogens with zero attached hydrogens (tertiary/aromatic N) is 1. The molecule has 1 heterocycles. The summed E-state index contributed by atoms with van der Waals surface area (Å²) >= 11 is 0. The lowest BCUT2D eigenvalue weighted by Crippen LogP contribution is -2.14. The van der Waals surface area contributed by atoms with Crippen LogP contribution in [0, 0.1) is 0 Å². The third kappa shape index (κ3) is 5.16. The molecule has 0 aliphatic carbocycles. The largest absolute Gasteiger partial charge is 0.416 e. The quantitative estimate of drug-likeness (QED) is 0.480. The number of anilines is 1. The second-order valence-corrected chi connectivity index (χ2v) is 8.53. The molecule has 3 aromatic rings. The van der Waals surface area contributed by atoms with Gasteiger partial charge in [-0.2, -0.15) is 18.3 Å². The van der Waals surface area contributed by atoms with Crippen molar-refractivity contribution in [2.45, 2.75) is 52.1 Å². The van der Waals surface area contributed by atoms with E-state index in [-0.39, 0.29) is 11.0 Å². The van der Waals surface area contributed by atoms with Crippen LogP contribution in [0.4, 0.5) is 18.9 Å². The molecule has 1 amide bonds. The van der Waals surface area contributed by atoms with E-state index in [4.69, 9.17) is 0 Å². The number of amides is 1. The molecule has 1 aromatic heterocycles. The van der Waals surface area contributed by atoms with Crippen LogP contribution in [0.5, 0.6) is 0 Å². The molecule has 3 rings (SSSR count). The van der Waals surface area contributed by atoms with Gasteiger partial charge in [0.15, 0.2) is 0 Å². The third-order valence-corrected chi connectivity index (χ3v) is 5.08. The van der Waals surface area contributed by atoms with Gasteiger partial charge in [-0.05, 0) is 41.7 Å². The topological polar surface area (TPSA) is 57.8 Å². The number of nitrogens with one attached hydrogen (secondary N) is 2. The second-order valence-electron chi connectivity index (χ2n) is 8.53. The summed E-state index contributed by atoms with van der Waals surface area (Å²) < 4.78 is 38.4. The molecule has 0 bridgehead atoms. The predicted octanol–water partition coefficient (Wildman–Crippen LogP) is 6.60. The third-order valence-electron chi connectivity index (χ3n) is 5.08. The number of carbonyl (C=O) groups excluding carboxylic acids is 1. The predicted molar refractivity (Wildman–Crippen MR) is 116 cm³/mol. The first kappa shape index (κ1) is 22.6. The Hall–Kier alpha value is -3.09. The van der Waals surface area contributed by atoms with Gasteiger partial charge in [0, 0.05) is 11.1 Å². The molecule has 0 aliphatic heterocycles. The van der Waals surface area contributed by atoms with Gasteiger partial charge in [0.2, 0.25) is 0 Å². The van der Waals surface area contributed by atoms with Crippen molar-refractivity contribution in [1.29, 1.82) is 0 Å². The smallest absolute Gasteiger partial charge is 0.319 e. The molecular formula is C24H26F3N3O. The maximum Gasteiger partial charge on any atom is 0.416 e. The van der Waals surface area contributed by atoms with Crippen molar-refractivity contribution < 1.29 is 18.0 Å². The second kappa shape index (κ2) is 8.57. The summed E-state index contributed by atoms with van der Waals surface area (Å²) in [7, 11) is 0. The number of hydrogen-bond acceptors (Lipinski definition) is 2. The van der Waals surface area contributed by atoms with Crippen LogP contribution in [0.3, 0.4) is 0 Å². The SMILES string of the molecule is CCCc1[nH]nc(-c2ccc(C(C)(C)C)cc2)c1NC(=O)c1ccc(C(F)(F)F)cc1. The number of carbonyl (C=O) groups is 1. The Balaban J connectivity index is 1.91. The first-order chi connectivity index (χ1) is 14.5. The summed E-state index contributed by atoms with van der Waals surface area (Å²) in [6, 6.07) is 12.1. The number of hydrogen-bond donors (Lipinski definition) is 2. The van der Waals surface area contributed by atoms with Crippen molar-refractivity contribution in [3.05, 3.63) is 70.9 Å². The number of aromatic nitrogens is 2. The average Bonchev–Trinajstić information content (AvgIpc) is 3.09. The molecule has 7 heteroatoms. The van der Waals surface area contributed by atoms with Gasteiger partial charge in [0.25, 0.3) is 5.91 Å². The van der Waals surface area contributed by atoms with Gasteiger partial charge in [-0.15, -0.1) is 0 Å². The number of H-pyrrole nitrogens is 1. The maximum absolute atomic E-state index is 12.8. The van der Waals surface area contributed by atoms with Gasteiger partial charge < -0.3 is 5.32 Å². The number of halogens is 3. The van der Waals surface area contributed by atoms with Gasteiger partial charge >= 0.3 is 6.18 Å². The number of aryl methyl sites for hydroxylation is 1. The fraction of sp³-hybridized carbons (Fsp3) is 0.333. The molecule has 0 saturated carbocycles. The lowest BCUT2D eigenvalue weighted by Gasteiger charge is -2.19. The lowest BCUT2D eigenvalue weighted by atomic mass is 9.86. The van der Waals surface area contributed by atoms with Crippen LogP contribution in [-0.2, 0) is 18.0 Å². The van der Waals surface area contributed by atoms with Crippen molar-refractivity contribution in [2.24, 2.45) is 0 Å². The summed E-state index contributed by atoms with van der Waals surface area (Å²) in [5.41, 5.74) is 3.31. The van der Waals surface area contributed by atoms with Crippen molar-refractivity contribution in [3.63, 3.8) is 0 Å². The minimum atomic E-state index is -4.44. The van der Waals surface area contributed by atoms with Gasteiger partial charge in [0.05, 0.1) is 16.9 Å². The molecule has 164 valence electrons. The maximum atomic E-state index is 12.8. The van der Waals surface area contributed by atoms with Gasteiger partial charge in [-0.25, -0.2) is 0 Å². The minimum absolute atomic E-state index is 0.0110. The monoisotopic (exact) mass is 429 g/mol. The molecule has 0 saturated heterocycles. The van der Waals surface area contributed by atoms with Gasteiger partial charge in [-0.3, -0.25) is 9.89 Å². The molecule has 0 atom stereocenters. The highest BCUT2D eigenvalue weighted by Crippen LogP contribution is 2.33. The summed E-state index contributed by atoms with van der Waals surface area (Å²) in [5, 5.41) is 10.2. The number of alkyl halides is 3. The number of aromatic amines is 1. The summed E-state index contributed by atoms with van der Waals surface area (Å²) in [4.78, 5) is 12.8. The Bertz CT molecular complexity index is 1040. The van der Waals surface area contributed by atoms with Gasteiger partial charge in [-0.1, -0.05) is 58.4 Å². The van der Waals surface area contributed by atoms with E-state index in [1.54, 1.807) is 0 Å². The summed E-state index contributed by atoms with van der Waals surface area (Å²) in [5.74, 6) is -0.486. The van der Waals surface area contributed by atoms with E-state index >= 15 is 0 Å². The molecular weight excluding hydrogens is 403 g/mol. The zero-order chi connectivity index (χ0) is 22.8. The highest BCUT2D eigenvalue weighted by Gasteiger charge is 2.30. The number of rotatable bonds is 5. The van der Waals surface area contributed by atoms with E-state index in [1.807, 2.05) is 31.2 Å². The molecule has 0 radical (unpaired) electrons. The van der Waals surface area contributed by atoms with Crippen LogP contribution in [0.2, 0.25) is 0 Å². The molecule has 0 fully saturated rings. The van der Waals surface area contributed by atoms with Crippen molar-refractivity contribution in [3.8, 4) is 11.3 Å². The zero-order valence-corrected chi connectivity index (χ0v) is 18.0. The molecule has 2 N–H and O–H groups in total. The van der Waals surface area contributed by atoms with E-state index in [9.17, 15) is 18.0 Å². The van der Waals surface area contributed by atoms with E-state index in [1.165, 1.54) is 17.7 Å². The van der Waals surface area contributed by atoms with Crippen LogP contribution in [0.15, 0.2) is 48.5 Å². The fourth-order valence-electron chi connectivity index (χ4n) is 3.28. The van der Waals surface area contributed by atoms with Crippen LogP contribution >= 0.6 is 0 Å². The lowest BCUT2D eigenvalue weighted by molar-refractivity contribution is -0.137. The molecule has 0 aliphatic rings. The highest BCUT2D eigenvalue weighted by molar-refractivity contribution is 6.06. The Morgan fingerprint density at radius 1 is 0.968 bits per heavy atom. The molecule has 0 spiro atoms. The van der Waals surface area contributed by atoms with Gasteiger partial charge in [0.1, 0.15) is 5.69 Å². The van der Waals surface area contributed by atoms with E-state index < -0.39 is 17.6 Å². The number of benzene rings is 2. The molecule has 4 nitrogen and oxygen atoms in total. The van der Waals surface area contributed by atoms with Crippen molar-refractivity contribution in [1.82, 2.24) is 10.2 Å². The Morgan fingerprint density at radius 2 is 1.55 bits per heavy atom. The van der Waals surface area contributed by atoms with Crippen LogP contribution < -0.4 is 5.32 Å². The van der Waals surface area contributed by atoms with E-state index in [0.717, 1.165) is 29.8 Å². The minimum Gasteiger partial charge on any atom is -0.319 e. The van der Waals surface area contributed by atoms with E-state index in [0.29, 0.717) is 17.8 Å². The Labute approximate surface area is 179 Å².